The largest absolute Gasteiger partial charge is 0.748 e. The SMILES string of the molecule is CC(=O)NC(CCCS(=O)(=O)[O-])CCNc1ccc2c3c1C(=O)c1ccccc1C=3C(OC(C)=O)C(=O)N=2. The first-order valence-corrected chi connectivity index (χ1v) is 13.6. The summed E-state index contributed by atoms with van der Waals surface area (Å²) in [5.74, 6) is -2.40. The predicted molar refractivity (Wildman–Crippen MR) is 135 cm³/mol. The number of ether oxygens (including phenoxy) is 1. The molecule has 1 heterocycles. The Kier molecular flexibility index (Phi) is 7.74. The normalized spacial score (nSPS) is 16.6. The maximum absolute atomic E-state index is 13.6. The smallest absolute Gasteiger partial charge is 0.303 e. The van der Waals surface area contributed by atoms with Crippen molar-refractivity contribution in [3.8, 4) is 0 Å². The molecule has 0 spiro atoms. The van der Waals surface area contributed by atoms with Crippen LogP contribution in [0.1, 0.15) is 54.6 Å². The van der Waals surface area contributed by atoms with Gasteiger partial charge in [-0.05, 0) is 37.0 Å². The molecule has 1 aliphatic carbocycles. The van der Waals surface area contributed by atoms with E-state index in [1.165, 1.54) is 13.8 Å². The Morgan fingerprint density at radius 2 is 1.79 bits per heavy atom. The summed E-state index contributed by atoms with van der Waals surface area (Å²) in [7, 11) is -4.36. The lowest BCUT2D eigenvalue weighted by molar-refractivity contribution is -0.149. The van der Waals surface area contributed by atoms with Crippen LogP contribution in [-0.4, -0.2) is 61.0 Å². The number of nitrogens with one attached hydrogen (secondary N) is 2. The molecule has 0 bridgehead atoms. The van der Waals surface area contributed by atoms with Crippen LogP contribution in [0.15, 0.2) is 41.4 Å². The van der Waals surface area contributed by atoms with Crippen molar-refractivity contribution in [1.82, 2.24) is 5.32 Å². The maximum Gasteiger partial charge on any atom is 0.303 e. The third kappa shape index (κ3) is 5.81. The lowest BCUT2D eigenvalue weighted by Gasteiger charge is -2.27. The number of rotatable bonds is 10. The zero-order valence-corrected chi connectivity index (χ0v) is 21.6. The monoisotopic (exact) mass is 540 g/mol. The Bertz CT molecular complexity index is 1570. The van der Waals surface area contributed by atoms with E-state index in [4.69, 9.17) is 4.74 Å². The Morgan fingerprint density at radius 1 is 1.08 bits per heavy atom. The molecular weight excluding hydrogens is 514 g/mol. The van der Waals surface area contributed by atoms with Crippen LogP contribution in [0.2, 0.25) is 0 Å². The summed E-state index contributed by atoms with van der Waals surface area (Å²) in [6, 6.07) is 9.62. The molecule has 2 atom stereocenters. The van der Waals surface area contributed by atoms with Crippen LogP contribution in [0, 0.1) is 0 Å². The fourth-order valence-electron chi connectivity index (χ4n) is 4.84. The third-order valence-electron chi connectivity index (χ3n) is 6.31. The second-order valence-electron chi connectivity index (χ2n) is 9.13. The van der Waals surface area contributed by atoms with Gasteiger partial charge in [0.2, 0.25) is 12.0 Å². The van der Waals surface area contributed by atoms with E-state index in [2.05, 4.69) is 15.6 Å². The van der Waals surface area contributed by atoms with E-state index in [9.17, 15) is 32.1 Å². The summed E-state index contributed by atoms with van der Waals surface area (Å²) >= 11 is 0. The lowest BCUT2D eigenvalue weighted by atomic mass is 9.81. The number of esters is 1. The molecule has 12 heteroatoms. The molecule has 2 N–H and O–H groups in total. The highest BCUT2D eigenvalue weighted by molar-refractivity contribution is 7.85. The summed E-state index contributed by atoms with van der Waals surface area (Å²) in [6.45, 7) is 2.84. The molecular formula is C26H26N3O8S-. The minimum atomic E-state index is -4.36. The summed E-state index contributed by atoms with van der Waals surface area (Å²) in [4.78, 5) is 53.9. The van der Waals surface area contributed by atoms with Gasteiger partial charge in [-0.25, -0.2) is 13.4 Å². The minimum Gasteiger partial charge on any atom is -0.748 e. The van der Waals surface area contributed by atoms with Crippen molar-refractivity contribution >= 4 is 44.9 Å². The fourth-order valence-corrected chi connectivity index (χ4v) is 5.36. The van der Waals surface area contributed by atoms with Gasteiger partial charge < -0.3 is 19.9 Å². The molecule has 11 nitrogen and oxygen atoms in total. The third-order valence-corrected chi connectivity index (χ3v) is 7.09. The van der Waals surface area contributed by atoms with E-state index in [1.807, 2.05) is 0 Å². The molecule has 2 aromatic rings. The number of anilines is 1. The van der Waals surface area contributed by atoms with Gasteiger partial charge in [0.05, 0.1) is 21.0 Å². The average molecular weight is 541 g/mol. The zero-order chi connectivity index (χ0) is 27.6. The summed E-state index contributed by atoms with van der Waals surface area (Å²) in [5, 5.41) is 6.68. The fraction of sp³-hybridized carbons (Fsp3) is 0.346. The number of ketones is 1. The molecule has 2 unspecified atom stereocenters. The Labute approximate surface area is 218 Å². The van der Waals surface area contributed by atoms with Crippen LogP contribution in [0.5, 0.6) is 0 Å². The molecule has 0 saturated carbocycles. The summed E-state index contributed by atoms with van der Waals surface area (Å²) < 4.78 is 38.1. The van der Waals surface area contributed by atoms with Crippen LogP contribution in [0.25, 0.3) is 5.57 Å². The summed E-state index contributed by atoms with van der Waals surface area (Å²) in [5.41, 5.74) is 2.02. The molecule has 2 aliphatic rings. The van der Waals surface area contributed by atoms with E-state index in [1.54, 1.807) is 36.4 Å². The standard InChI is InChI=1S/C26H27N3O8S/c1-14(30)28-16(6-5-13-38(34,35)36)11-12-27-19-9-10-20-22-21(25(26(33)29-20)37-15(2)31)17-7-3-4-8-18(17)24(32)23(19)22/h3-4,7-10,16,25,27H,5-6,11-13H2,1-2H3,(H,28,30)(H,34,35,36)/p-1. The lowest BCUT2D eigenvalue weighted by Crippen LogP contribution is -2.47. The van der Waals surface area contributed by atoms with Gasteiger partial charge in [-0.3, -0.25) is 19.2 Å². The van der Waals surface area contributed by atoms with Gasteiger partial charge in [0.25, 0.3) is 5.91 Å². The highest BCUT2D eigenvalue weighted by Crippen LogP contribution is 2.31. The van der Waals surface area contributed by atoms with Crippen LogP contribution >= 0.6 is 0 Å². The molecule has 0 aromatic heterocycles. The van der Waals surface area contributed by atoms with E-state index < -0.39 is 39.9 Å². The molecule has 0 radical (unpaired) electrons. The number of carbonyl (C=O) groups is 4. The molecule has 1 aliphatic heterocycles. The van der Waals surface area contributed by atoms with Crippen LogP contribution < -0.4 is 21.2 Å². The number of hydrogen-bond donors (Lipinski definition) is 2. The Hall–Kier alpha value is -3.90. The van der Waals surface area contributed by atoms with Crippen molar-refractivity contribution in [2.45, 2.75) is 45.3 Å². The van der Waals surface area contributed by atoms with Crippen molar-refractivity contribution in [3.05, 3.63) is 63.7 Å². The molecule has 4 rings (SSSR count). The topological polar surface area (TPSA) is 171 Å². The molecule has 0 fully saturated rings. The second kappa shape index (κ2) is 10.8. The number of amides is 2. The highest BCUT2D eigenvalue weighted by Gasteiger charge is 2.37. The first kappa shape index (κ1) is 27.1. The number of nitrogens with zero attached hydrogens (tertiary/aromatic N) is 1. The van der Waals surface area contributed by atoms with Crippen LogP contribution in [0.3, 0.4) is 0 Å². The highest BCUT2D eigenvalue weighted by atomic mass is 32.2. The quantitative estimate of drug-likeness (QED) is 0.314. The van der Waals surface area contributed by atoms with Gasteiger partial charge in [-0.2, -0.15) is 0 Å². The predicted octanol–water partition coefficient (Wildman–Crippen LogP) is 0.154. The molecule has 0 saturated heterocycles. The van der Waals surface area contributed by atoms with E-state index in [-0.39, 0.29) is 30.1 Å². The van der Waals surface area contributed by atoms with E-state index in [0.717, 1.165) is 0 Å². The number of hydrogen-bond acceptors (Lipinski definition) is 9. The van der Waals surface area contributed by atoms with Crippen molar-refractivity contribution < 1.29 is 36.9 Å². The van der Waals surface area contributed by atoms with Crippen LogP contribution in [-0.2, 0) is 29.2 Å². The van der Waals surface area contributed by atoms with Crippen LogP contribution in [0.4, 0.5) is 5.69 Å². The van der Waals surface area contributed by atoms with Gasteiger partial charge in [0.1, 0.15) is 0 Å². The molecule has 2 amide bonds. The second-order valence-corrected chi connectivity index (χ2v) is 10.7. The van der Waals surface area contributed by atoms with Crippen molar-refractivity contribution in [1.29, 1.82) is 0 Å². The van der Waals surface area contributed by atoms with E-state index in [0.29, 0.717) is 45.9 Å². The number of benzene rings is 2. The molecule has 200 valence electrons. The first-order valence-electron chi connectivity index (χ1n) is 12.0. The van der Waals surface area contributed by atoms with Gasteiger partial charge in [-0.1, -0.05) is 24.3 Å². The van der Waals surface area contributed by atoms with Gasteiger partial charge >= 0.3 is 5.97 Å². The maximum atomic E-state index is 13.6. The number of fused-ring (bicyclic) bond motifs is 2. The molecule has 2 aromatic carbocycles. The van der Waals surface area contributed by atoms with E-state index >= 15 is 0 Å². The van der Waals surface area contributed by atoms with Gasteiger partial charge in [0.15, 0.2) is 5.78 Å². The first-order chi connectivity index (χ1) is 18.0. The molecule has 38 heavy (non-hydrogen) atoms. The Balaban J connectivity index is 1.69. The minimum absolute atomic E-state index is 0.0987. The number of carbonyl (C=O) groups excluding carboxylic acids is 4. The zero-order valence-electron chi connectivity index (χ0n) is 20.8. The van der Waals surface area contributed by atoms with Gasteiger partial charge in [-0.15, -0.1) is 0 Å². The summed E-state index contributed by atoms with van der Waals surface area (Å²) in [6.07, 6.45) is -0.518. The van der Waals surface area contributed by atoms with Gasteiger partial charge in [0, 0.05) is 54.2 Å². The van der Waals surface area contributed by atoms with Crippen molar-refractivity contribution in [2.75, 3.05) is 17.6 Å². The van der Waals surface area contributed by atoms with Crippen molar-refractivity contribution in [3.63, 3.8) is 0 Å². The van der Waals surface area contributed by atoms with Crippen molar-refractivity contribution in [2.24, 2.45) is 4.99 Å². The Morgan fingerprint density at radius 3 is 2.45 bits per heavy atom. The average Bonchev–Trinajstić information content (AvgIpc) is 2.82.